The second-order valence-electron chi connectivity index (χ2n) is 7.66. The molecule has 0 radical (unpaired) electrons. The van der Waals surface area contributed by atoms with Gasteiger partial charge in [-0.15, -0.1) is 0 Å². The average molecular weight is 344 g/mol. The number of unbranched alkanes of at least 4 members (excludes halogenated alkanes) is 2. The van der Waals surface area contributed by atoms with Crippen molar-refractivity contribution in [3.8, 4) is 0 Å². The van der Waals surface area contributed by atoms with E-state index in [9.17, 15) is 9.59 Å². The van der Waals surface area contributed by atoms with Gasteiger partial charge in [-0.1, -0.05) is 56.8 Å². The minimum Gasteiger partial charge on any atom is -0.274 e. The third-order valence-electron chi connectivity index (χ3n) is 4.81. The first kappa shape index (κ1) is 18.7. The highest BCUT2D eigenvalue weighted by Crippen LogP contribution is 2.29. The number of hydrogen-bond donors (Lipinski definition) is 0. The fraction of sp³-hybridized carbons (Fsp3) is 0.500. The van der Waals surface area contributed by atoms with Gasteiger partial charge in [0.1, 0.15) is 0 Å². The Morgan fingerprint density at radius 3 is 2.08 bits per heavy atom. The van der Waals surface area contributed by atoms with E-state index in [0.717, 1.165) is 19.3 Å². The minimum atomic E-state index is -1.16. The lowest BCUT2D eigenvalue weighted by Gasteiger charge is -2.26. The van der Waals surface area contributed by atoms with Gasteiger partial charge in [0.25, 0.3) is 11.8 Å². The molecule has 1 unspecified atom stereocenters. The highest BCUT2D eigenvalue weighted by Gasteiger charge is 2.34. The van der Waals surface area contributed by atoms with Crippen LogP contribution < -0.4 is 0 Å². The number of carbonyl (C=O) groups is 2. The first-order valence-corrected chi connectivity index (χ1v) is 12.5. The van der Waals surface area contributed by atoms with E-state index >= 15 is 0 Å². The van der Waals surface area contributed by atoms with Gasteiger partial charge in [0.2, 0.25) is 0 Å². The molecular weight excluding hydrogens is 314 g/mol. The van der Waals surface area contributed by atoms with Crippen LogP contribution in [0.3, 0.4) is 0 Å². The molecule has 3 nitrogen and oxygen atoms in total. The molecule has 1 aliphatic heterocycles. The second kappa shape index (κ2) is 7.93. The normalized spacial score (nSPS) is 16.1. The van der Waals surface area contributed by atoms with Crippen molar-refractivity contribution >= 4 is 19.9 Å². The number of hydrogen-bond acceptors (Lipinski definition) is 2. The molecule has 0 N–H and O–H groups in total. The van der Waals surface area contributed by atoms with Gasteiger partial charge in [-0.3, -0.25) is 14.5 Å². The van der Waals surface area contributed by atoms with Crippen LogP contribution in [0.25, 0.3) is 0 Å². The molecule has 1 aromatic rings. The Kier molecular flexibility index (Phi) is 6.16. The van der Waals surface area contributed by atoms with Gasteiger partial charge in [0, 0.05) is 6.54 Å². The van der Waals surface area contributed by atoms with E-state index in [1.54, 1.807) is 12.1 Å². The molecule has 0 saturated heterocycles. The number of allylic oxidation sites excluding steroid dienone is 2. The summed E-state index contributed by atoms with van der Waals surface area (Å²) < 4.78 is 0. The zero-order chi connectivity index (χ0) is 17.7. The van der Waals surface area contributed by atoms with Gasteiger partial charge in [-0.25, -0.2) is 0 Å². The Morgan fingerprint density at radius 1 is 1.00 bits per heavy atom. The Balaban J connectivity index is 1.80. The molecule has 0 saturated carbocycles. The van der Waals surface area contributed by atoms with Crippen LogP contribution in [0.1, 0.15) is 53.3 Å². The molecule has 1 aliphatic rings. The van der Waals surface area contributed by atoms with Crippen LogP contribution in [0.5, 0.6) is 0 Å². The zero-order valence-corrected chi connectivity index (χ0v) is 16.3. The van der Waals surface area contributed by atoms with Gasteiger partial charge in [0.05, 0.1) is 19.2 Å². The molecule has 0 fully saturated rings. The van der Waals surface area contributed by atoms with E-state index in [1.807, 2.05) is 12.1 Å². The number of amides is 2. The minimum absolute atomic E-state index is 0.135. The molecule has 1 heterocycles. The average Bonchev–Trinajstić information content (AvgIpc) is 2.77. The number of fused-ring (bicyclic) bond motifs is 1. The first-order chi connectivity index (χ1) is 11.4. The molecule has 0 aliphatic carbocycles. The standard InChI is InChI=1S/C20H29NO2Si/c1-5-11-16(24(2,3)4)12-7-6-10-15-21-19(22)17-13-8-9-14-18(17)20(21)23/h5,8-9,11,13-14,16H,6-7,10,12,15H2,1-4H3/b11-5+. The summed E-state index contributed by atoms with van der Waals surface area (Å²) in [4.78, 5) is 26.0. The number of nitrogens with zero attached hydrogens (tertiary/aromatic N) is 1. The summed E-state index contributed by atoms with van der Waals surface area (Å²) in [5, 5.41) is 0. The molecule has 2 amide bonds. The molecule has 0 bridgehead atoms. The lowest BCUT2D eigenvalue weighted by Crippen LogP contribution is -2.30. The monoisotopic (exact) mass is 343 g/mol. The quantitative estimate of drug-likeness (QED) is 0.284. The van der Waals surface area contributed by atoms with Crippen LogP contribution in [0.2, 0.25) is 25.2 Å². The highest BCUT2D eigenvalue weighted by atomic mass is 28.3. The van der Waals surface area contributed by atoms with E-state index in [0.29, 0.717) is 23.2 Å². The summed E-state index contributed by atoms with van der Waals surface area (Å²) in [7, 11) is -1.16. The summed E-state index contributed by atoms with van der Waals surface area (Å²) in [6.45, 7) is 9.87. The van der Waals surface area contributed by atoms with Crippen molar-refractivity contribution in [2.75, 3.05) is 6.54 Å². The smallest absolute Gasteiger partial charge is 0.261 e. The molecule has 4 heteroatoms. The van der Waals surface area contributed by atoms with Crippen LogP contribution >= 0.6 is 0 Å². The molecule has 130 valence electrons. The second-order valence-corrected chi connectivity index (χ2v) is 13.1. The van der Waals surface area contributed by atoms with Crippen LogP contribution in [0, 0.1) is 0 Å². The summed E-state index contributed by atoms with van der Waals surface area (Å²) in [6, 6.07) is 7.10. The third kappa shape index (κ3) is 4.23. The van der Waals surface area contributed by atoms with Crippen LogP contribution in [0.4, 0.5) is 0 Å². The lowest BCUT2D eigenvalue weighted by molar-refractivity contribution is 0.0651. The maximum absolute atomic E-state index is 12.3. The number of rotatable bonds is 8. The van der Waals surface area contributed by atoms with E-state index in [-0.39, 0.29) is 11.8 Å². The van der Waals surface area contributed by atoms with Crippen molar-refractivity contribution in [3.05, 3.63) is 47.5 Å². The Labute approximate surface area is 146 Å². The van der Waals surface area contributed by atoms with Crippen molar-refractivity contribution in [3.63, 3.8) is 0 Å². The van der Waals surface area contributed by atoms with E-state index < -0.39 is 8.07 Å². The van der Waals surface area contributed by atoms with Crippen molar-refractivity contribution in [2.45, 2.75) is 57.8 Å². The summed E-state index contributed by atoms with van der Waals surface area (Å²) in [5.41, 5.74) is 1.81. The fourth-order valence-electron chi connectivity index (χ4n) is 3.30. The van der Waals surface area contributed by atoms with Crippen molar-refractivity contribution < 1.29 is 9.59 Å². The summed E-state index contributed by atoms with van der Waals surface area (Å²) in [5.74, 6) is -0.269. The van der Waals surface area contributed by atoms with Gasteiger partial charge in [-0.05, 0) is 37.4 Å². The van der Waals surface area contributed by atoms with Gasteiger partial charge in [-0.2, -0.15) is 0 Å². The van der Waals surface area contributed by atoms with Crippen molar-refractivity contribution in [1.29, 1.82) is 0 Å². The molecule has 24 heavy (non-hydrogen) atoms. The van der Waals surface area contributed by atoms with E-state index in [2.05, 4.69) is 38.7 Å². The summed E-state index contributed by atoms with van der Waals surface area (Å²) >= 11 is 0. The molecular formula is C20H29NO2Si. The van der Waals surface area contributed by atoms with Crippen LogP contribution in [0.15, 0.2) is 36.4 Å². The fourth-order valence-corrected chi connectivity index (χ4v) is 5.14. The topological polar surface area (TPSA) is 37.4 Å². The highest BCUT2D eigenvalue weighted by molar-refractivity contribution is 6.78. The lowest BCUT2D eigenvalue weighted by atomic mass is 10.1. The largest absolute Gasteiger partial charge is 0.274 e. The molecule has 0 spiro atoms. The van der Waals surface area contributed by atoms with E-state index in [4.69, 9.17) is 0 Å². The van der Waals surface area contributed by atoms with Gasteiger partial charge >= 0.3 is 0 Å². The van der Waals surface area contributed by atoms with E-state index in [1.165, 1.54) is 11.3 Å². The third-order valence-corrected chi connectivity index (χ3v) is 7.52. The summed E-state index contributed by atoms with van der Waals surface area (Å²) in [6.07, 6.45) is 8.84. The zero-order valence-electron chi connectivity index (χ0n) is 15.3. The number of carbonyl (C=O) groups excluding carboxylic acids is 2. The molecule has 1 aromatic carbocycles. The van der Waals surface area contributed by atoms with Crippen LogP contribution in [-0.2, 0) is 0 Å². The number of benzene rings is 1. The van der Waals surface area contributed by atoms with Crippen LogP contribution in [-0.4, -0.2) is 31.3 Å². The first-order valence-electron chi connectivity index (χ1n) is 8.94. The predicted molar refractivity (Wildman–Crippen MR) is 102 cm³/mol. The maximum atomic E-state index is 12.3. The van der Waals surface area contributed by atoms with Crippen molar-refractivity contribution in [1.82, 2.24) is 4.90 Å². The Hall–Kier alpha value is -1.68. The maximum Gasteiger partial charge on any atom is 0.261 e. The Morgan fingerprint density at radius 2 is 1.58 bits per heavy atom. The molecule has 1 atom stereocenters. The number of imide groups is 1. The molecule has 0 aromatic heterocycles. The SMILES string of the molecule is C/C=C/C(CCCCCN1C(=O)c2ccccc2C1=O)[Si](C)(C)C. The van der Waals surface area contributed by atoms with Gasteiger partial charge in [0.15, 0.2) is 0 Å². The Bertz CT molecular complexity index is 596. The predicted octanol–water partition coefficient (Wildman–Crippen LogP) is 5.13. The van der Waals surface area contributed by atoms with Gasteiger partial charge < -0.3 is 0 Å². The van der Waals surface area contributed by atoms with Crippen molar-refractivity contribution in [2.24, 2.45) is 0 Å². The molecule has 2 rings (SSSR count).